The first-order valence-electron chi connectivity index (χ1n) is 6.70. The number of carbonyl (C=O) groups is 1. The molecular weight excluding hydrogens is 280 g/mol. The molecule has 2 unspecified atom stereocenters. The van der Waals surface area contributed by atoms with Crippen LogP contribution in [0, 0.1) is 11.8 Å². The van der Waals surface area contributed by atoms with Gasteiger partial charge in [0.1, 0.15) is 24.4 Å². The lowest BCUT2D eigenvalue weighted by molar-refractivity contribution is -0.184. The highest BCUT2D eigenvalue weighted by molar-refractivity contribution is 5.70. The highest BCUT2D eigenvalue weighted by Crippen LogP contribution is 2.38. The van der Waals surface area contributed by atoms with E-state index in [4.69, 9.17) is 25.2 Å². The van der Waals surface area contributed by atoms with E-state index < -0.39 is 24.0 Å². The molecular formula is C13H20N2O6. The summed E-state index contributed by atoms with van der Waals surface area (Å²) in [5.41, 5.74) is 4.88. The SMILES string of the molecule is CC1(C)OC2C(O1)[C@@H](CO)O[C@@H]2C#CCCN(O)C(N)=O. The molecule has 0 aromatic rings. The predicted molar refractivity (Wildman–Crippen MR) is 70.0 cm³/mol. The number of fused-ring (bicyclic) bond motifs is 1. The smallest absolute Gasteiger partial charge is 0.338 e. The van der Waals surface area contributed by atoms with Crippen molar-refractivity contribution >= 4 is 6.03 Å². The summed E-state index contributed by atoms with van der Waals surface area (Å²) >= 11 is 0. The first-order chi connectivity index (χ1) is 9.84. The molecule has 0 saturated carbocycles. The first kappa shape index (κ1) is 16.0. The number of amides is 2. The van der Waals surface area contributed by atoms with Crippen LogP contribution in [0.4, 0.5) is 4.79 Å². The number of carbonyl (C=O) groups excluding carboxylic acids is 1. The number of nitrogens with zero attached hydrogens (tertiary/aromatic N) is 1. The summed E-state index contributed by atoms with van der Waals surface area (Å²) in [6, 6.07) is -0.927. The summed E-state index contributed by atoms with van der Waals surface area (Å²) in [6.45, 7) is 3.42. The summed E-state index contributed by atoms with van der Waals surface area (Å²) < 4.78 is 17.0. The maximum atomic E-state index is 10.6. The fourth-order valence-electron chi connectivity index (χ4n) is 2.39. The number of hydrogen-bond donors (Lipinski definition) is 3. The number of aliphatic hydroxyl groups is 1. The third-order valence-electron chi connectivity index (χ3n) is 3.28. The second-order valence-electron chi connectivity index (χ2n) is 5.37. The lowest BCUT2D eigenvalue weighted by Gasteiger charge is -2.21. The summed E-state index contributed by atoms with van der Waals surface area (Å²) in [4.78, 5) is 10.6. The van der Waals surface area contributed by atoms with Crippen molar-refractivity contribution in [2.45, 2.75) is 50.5 Å². The molecule has 0 spiro atoms. The molecule has 2 amide bonds. The molecule has 0 aromatic heterocycles. The van der Waals surface area contributed by atoms with Gasteiger partial charge in [-0.15, -0.1) is 0 Å². The molecule has 118 valence electrons. The third kappa shape index (κ3) is 3.64. The van der Waals surface area contributed by atoms with E-state index in [1.165, 1.54) is 0 Å². The van der Waals surface area contributed by atoms with Gasteiger partial charge in [0.25, 0.3) is 0 Å². The van der Waals surface area contributed by atoms with Crippen LogP contribution in [0.1, 0.15) is 20.3 Å². The van der Waals surface area contributed by atoms with Crippen molar-refractivity contribution < 1.29 is 29.3 Å². The Morgan fingerprint density at radius 1 is 1.38 bits per heavy atom. The van der Waals surface area contributed by atoms with E-state index in [9.17, 15) is 9.90 Å². The number of rotatable bonds is 3. The number of hydroxylamine groups is 2. The lowest BCUT2D eigenvalue weighted by Crippen LogP contribution is -2.33. The quantitative estimate of drug-likeness (QED) is 0.365. The van der Waals surface area contributed by atoms with Gasteiger partial charge in [0.2, 0.25) is 0 Å². The molecule has 0 radical (unpaired) electrons. The van der Waals surface area contributed by atoms with Gasteiger partial charge in [0.15, 0.2) is 5.79 Å². The van der Waals surface area contributed by atoms with E-state index in [0.717, 1.165) is 0 Å². The maximum Gasteiger partial charge on any atom is 0.338 e. The van der Waals surface area contributed by atoms with Crippen LogP contribution in [-0.2, 0) is 14.2 Å². The minimum absolute atomic E-state index is 0.00935. The van der Waals surface area contributed by atoms with Gasteiger partial charge in [-0.05, 0) is 13.8 Å². The molecule has 0 aromatic carbocycles. The Bertz CT molecular complexity index is 457. The monoisotopic (exact) mass is 300 g/mol. The van der Waals surface area contributed by atoms with E-state index in [1.807, 2.05) is 0 Å². The van der Waals surface area contributed by atoms with Gasteiger partial charge in [0, 0.05) is 6.42 Å². The molecule has 2 aliphatic rings. The van der Waals surface area contributed by atoms with Crippen LogP contribution in [0.25, 0.3) is 0 Å². The Labute approximate surface area is 122 Å². The molecule has 8 heteroatoms. The summed E-state index contributed by atoms with van der Waals surface area (Å²) in [5, 5.41) is 18.8. The Kier molecular flexibility index (Phi) is 4.70. The first-order valence-corrected chi connectivity index (χ1v) is 6.70. The molecule has 8 nitrogen and oxygen atoms in total. The minimum atomic E-state index is -0.927. The standard InChI is InChI=1S/C13H20N2O6/c1-13(2)20-10-8(19-9(7-16)11(10)21-13)5-3-4-6-15(18)12(14)17/h8-11,16,18H,4,6-7H2,1-2H3,(H2,14,17)/t8-,9-,10?,11?/m1/s1. The van der Waals surface area contributed by atoms with Crippen LogP contribution in [0.15, 0.2) is 0 Å². The van der Waals surface area contributed by atoms with Crippen molar-refractivity contribution in [3.05, 3.63) is 0 Å². The van der Waals surface area contributed by atoms with Gasteiger partial charge in [-0.2, -0.15) is 0 Å². The van der Waals surface area contributed by atoms with Crippen molar-refractivity contribution in [3.8, 4) is 11.8 Å². The molecule has 2 fully saturated rings. The molecule has 0 aliphatic carbocycles. The van der Waals surface area contributed by atoms with E-state index in [-0.39, 0.29) is 31.8 Å². The van der Waals surface area contributed by atoms with Crippen molar-refractivity contribution in [2.24, 2.45) is 5.73 Å². The van der Waals surface area contributed by atoms with Crippen molar-refractivity contribution in [3.63, 3.8) is 0 Å². The Balaban J connectivity index is 1.93. The summed E-state index contributed by atoms with van der Waals surface area (Å²) in [6.07, 6.45) is -1.48. The highest BCUT2D eigenvalue weighted by atomic mass is 16.8. The van der Waals surface area contributed by atoms with Gasteiger partial charge >= 0.3 is 6.03 Å². The molecule has 4 atom stereocenters. The van der Waals surface area contributed by atoms with Gasteiger partial charge < -0.3 is 25.1 Å². The highest BCUT2D eigenvalue weighted by Gasteiger charge is 2.54. The third-order valence-corrected chi connectivity index (χ3v) is 3.28. The number of primary amides is 1. The molecule has 2 saturated heterocycles. The second kappa shape index (κ2) is 6.17. The number of aliphatic hydroxyl groups excluding tert-OH is 1. The van der Waals surface area contributed by atoms with Crippen LogP contribution >= 0.6 is 0 Å². The average molecular weight is 300 g/mol. The van der Waals surface area contributed by atoms with E-state index in [0.29, 0.717) is 5.06 Å². The Morgan fingerprint density at radius 3 is 2.67 bits per heavy atom. The second-order valence-corrected chi connectivity index (χ2v) is 5.37. The van der Waals surface area contributed by atoms with Gasteiger partial charge in [-0.25, -0.2) is 9.86 Å². The fraction of sp³-hybridized carbons (Fsp3) is 0.769. The predicted octanol–water partition coefficient (Wildman–Crippen LogP) is -0.570. The molecule has 0 bridgehead atoms. The largest absolute Gasteiger partial charge is 0.394 e. The lowest BCUT2D eigenvalue weighted by atomic mass is 10.1. The van der Waals surface area contributed by atoms with Crippen molar-refractivity contribution in [1.29, 1.82) is 0 Å². The minimum Gasteiger partial charge on any atom is -0.394 e. The number of nitrogens with two attached hydrogens (primary N) is 1. The summed E-state index contributed by atoms with van der Waals surface area (Å²) in [5.74, 6) is 4.93. The van der Waals surface area contributed by atoms with Crippen molar-refractivity contribution in [2.75, 3.05) is 13.2 Å². The topological polar surface area (TPSA) is 114 Å². The summed E-state index contributed by atoms with van der Waals surface area (Å²) in [7, 11) is 0. The molecule has 2 aliphatic heterocycles. The maximum absolute atomic E-state index is 10.6. The number of ether oxygens (including phenoxy) is 3. The fourth-order valence-corrected chi connectivity index (χ4v) is 2.39. The van der Waals surface area contributed by atoms with Gasteiger partial charge in [-0.3, -0.25) is 5.21 Å². The Morgan fingerprint density at radius 2 is 2.05 bits per heavy atom. The van der Waals surface area contributed by atoms with Crippen molar-refractivity contribution in [1.82, 2.24) is 5.06 Å². The van der Waals surface area contributed by atoms with Crippen LogP contribution in [0.3, 0.4) is 0 Å². The zero-order valence-electron chi connectivity index (χ0n) is 12.0. The van der Waals surface area contributed by atoms with Crippen LogP contribution in [-0.4, -0.2) is 64.8 Å². The van der Waals surface area contributed by atoms with Gasteiger partial charge in [0.05, 0.1) is 13.2 Å². The Hall–Kier alpha value is -1.37. The van der Waals surface area contributed by atoms with Crippen LogP contribution in [0.2, 0.25) is 0 Å². The van der Waals surface area contributed by atoms with Gasteiger partial charge in [-0.1, -0.05) is 11.8 Å². The van der Waals surface area contributed by atoms with E-state index in [1.54, 1.807) is 13.8 Å². The number of urea groups is 1. The normalized spacial score (nSPS) is 33.1. The van der Waals surface area contributed by atoms with E-state index in [2.05, 4.69) is 11.8 Å². The zero-order chi connectivity index (χ0) is 15.6. The van der Waals surface area contributed by atoms with Crippen LogP contribution < -0.4 is 5.73 Å². The molecule has 21 heavy (non-hydrogen) atoms. The van der Waals surface area contributed by atoms with E-state index >= 15 is 0 Å². The molecule has 4 N–H and O–H groups in total. The zero-order valence-corrected chi connectivity index (χ0v) is 12.0. The van der Waals surface area contributed by atoms with Crippen LogP contribution in [0.5, 0.6) is 0 Å². The molecule has 2 rings (SSSR count). The number of hydrogen-bond acceptors (Lipinski definition) is 6. The molecule has 2 heterocycles. The average Bonchev–Trinajstić information content (AvgIpc) is 2.88.